The molecule has 0 aromatic heterocycles. The lowest BCUT2D eigenvalue weighted by molar-refractivity contribution is 0.0793. The Hall–Kier alpha value is -1.02. The summed E-state index contributed by atoms with van der Waals surface area (Å²) < 4.78 is 0. The first-order valence-corrected chi connectivity index (χ1v) is 6.12. The lowest BCUT2D eigenvalue weighted by atomic mass is 10.1. The van der Waals surface area contributed by atoms with Crippen molar-refractivity contribution in [3.05, 3.63) is 35.4 Å². The Morgan fingerprint density at radius 2 is 1.94 bits per heavy atom. The molecule has 0 spiro atoms. The normalized spacial score (nSPS) is 10.2. The van der Waals surface area contributed by atoms with Crippen LogP contribution in [0.2, 0.25) is 0 Å². The topological polar surface area (TPSA) is 20.3 Å². The summed E-state index contributed by atoms with van der Waals surface area (Å²) in [6, 6.07) is 7.47. The quantitative estimate of drug-likeness (QED) is 0.722. The van der Waals surface area contributed by atoms with Gasteiger partial charge in [-0.05, 0) is 24.1 Å². The summed E-state index contributed by atoms with van der Waals surface area (Å²) >= 11 is 5.69. The van der Waals surface area contributed by atoms with Gasteiger partial charge in [0.25, 0.3) is 5.91 Å². The molecule has 0 radical (unpaired) electrons. The number of hydrogen-bond acceptors (Lipinski definition) is 1. The van der Waals surface area contributed by atoms with Gasteiger partial charge < -0.3 is 4.90 Å². The van der Waals surface area contributed by atoms with Crippen molar-refractivity contribution < 1.29 is 4.79 Å². The Bertz CT molecular complexity index is 334. The molecule has 1 aromatic carbocycles. The smallest absolute Gasteiger partial charge is 0.253 e. The Balaban J connectivity index is 2.64. The van der Waals surface area contributed by atoms with Crippen LogP contribution < -0.4 is 0 Å². The maximum atomic E-state index is 11.9. The summed E-state index contributed by atoms with van der Waals surface area (Å²) in [5, 5.41) is 0. The molecule has 0 saturated heterocycles. The van der Waals surface area contributed by atoms with Gasteiger partial charge in [-0.2, -0.15) is 0 Å². The molecule has 0 heterocycles. The van der Waals surface area contributed by atoms with Gasteiger partial charge in [0.15, 0.2) is 0 Å². The second kappa shape index (κ2) is 6.54. The van der Waals surface area contributed by atoms with Crippen LogP contribution in [0.1, 0.15) is 35.7 Å². The maximum Gasteiger partial charge on any atom is 0.253 e. The largest absolute Gasteiger partial charge is 0.342 e. The molecule has 0 saturated carbocycles. The zero-order valence-electron chi connectivity index (χ0n) is 9.87. The molecule has 0 aliphatic carbocycles. The molecule has 1 aromatic rings. The average Bonchev–Trinajstić information content (AvgIpc) is 2.35. The highest BCUT2D eigenvalue weighted by molar-refractivity contribution is 6.17. The Labute approximate surface area is 102 Å². The number of alkyl halides is 1. The summed E-state index contributed by atoms with van der Waals surface area (Å²) in [5.74, 6) is 0.565. The number of amides is 1. The van der Waals surface area contributed by atoms with Gasteiger partial charge in [0.05, 0.1) is 0 Å². The van der Waals surface area contributed by atoms with Crippen molar-refractivity contribution in [3.8, 4) is 0 Å². The first-order valence-electron chi connectivity index (χ1n) is 5.59. The van der Waals surface area contributed by atoms with Crippen LogP contribution in [0.25, 0.3) is 0 Å². The van der Waals surface area contributed by atoms with Crippen molar-refractivity contribution >= 4 is 17.5 Å². The highest BCUT2D eigenvalue weighted by Crippen LogP contribution is 2.09. The van der Waals surface area contributed by atoms with Gasteiger partial charge in [-0.3, -0.25) is 4.79 Å². The molecule has 0 aliphatic heterocycles. The second-order valence-corrected chi connectivity index (χ2v) is 4.18. The standard InChI is InChI=1S/C13H18ClNO/c1-3-4-9-15(2)13(16)12-7-5-11(10-14)6-8-12/h5-8H,3-4,9-10H2,1-2H3. The minimum absolute atomic E-state index is 0.0783. The summed E-state index contributed by atoms with van der Waals surface area (Å²) in [6.07, 6.45) is 2.14. The molecule has 0 unspecified atom stereocenters. The zero-order chi connectivity index (χ0) is 12.0. The molecule has 88 valence electrons. The fraction of sp³-hybridized carbons (Fsp3) is 0.462. The average molecular weight is 240 g/mol. The van der Waals surface area contributed by atoms with E-state index in [-0.39, 0.29) is 5.91 Å². The molecule has 0 N–H and O–H groups in total. The van der Waals surface area contributed by atoms with Crippen molar-refractivity contribution in [2.45, 2.75) is 25.6 Å². The van der Waals surface area contributed by atoms with Crippen LogP contribution in [0, 0.1) is 0 Å². The van der Waals surface area contributed by atoms with Gasteiger partial charge in [0.1, 0.15) is 0 Å². The van der Waals surface area contributed by atoms with Crippen molar-refractivity contribution in [2.24, 2.45) is 0 Å². The third kappa shape index (κ3) is 3.53. The SMILES string of the molecule is CCCCN(C)C(=O)c1ccc(CCl)cc1. The molecule has 16 heavy (non-hydrogen) atoms. The van der Waals surface area contributed by atoms with Crippen molar-refractivity contribution in [2.75, 3.05) is 13.6 Å². The monoisotopic (exact) mass is 239 g/mol. The van der Waals surface area contributed by atoms with Crippen LogP contribution in [0.15, 0.2) is 24.3 Å². The highest BCUT2D eigenvalue weighted by atomic mass is 35.5. The maximum absolute atomic E-state index is 11.9. The van der Waals surface area contributed by atoms with E-state index >= 15 is 0 Å². The van der Waals surface area contributed by atoms with Gasteiger partial charge in [0, 0.05) is 25.0 Å². The van der Waals surface area contributed by atoms with E-state index in [1.807, 2.05) is 31.3 Å². The van der Waals surface area contributed by atoms with Crippen LogP contribution in [0.5, 0.6) is 0 Å². The summed E-state index contributed by atoms with van der Waals surface area (Å²) in [4.78, 5) is 13.7. The molecule has 0 aliphatic rings. The number of carbonyl (C=O) groups is 1. The predicted octanol–water partition coefficient (Wildman–Crippen LogP) is 3.30. The minimum Gasteiger partial charge on any atom is -0.342 e. The van der Waals surface area contributed by atoms with Crippen LogP contribution in [0.3, 0.4) is 0 Å². The van der Waals surface area contributed by atoms with Crippen LogP contribution in [-0.2, 0) is 5.88 Å². The van der Waals surface area contributed by atoms with Gasteiger partial charge in [0.2, 0.25) is 0 Å². The molecule has 3 heteroatoms. The lowest BCUT2D eigenvalue weighted by Crippen LogP contribution is -2.27. The summed E-state index contributed by atoms with van der Waals surface area (Å²) in [6.45, 7) is 2.93. The number of rotatable bonds is 5. The second-order valence-electron chi connectivity index (χ2n) is 3.91. The number of nitrogens with zero attached hydrogens (tertiary/aromatic N) is 1. The summed E-state index contributed by atoms with van der Waals surface area (Å²) in [5.41, 5.74) is 1.77. The van der Waals surface area contributed by atoms with E-state index in [0.717, 1.165) is 30.5 Å². The molecule has 0 bridgehead atoms. The van der Waals surface area contributed by atoms with Gasteiger partial charge in [-0.15, -0.1) is 11.6 Å². The number of halogens is 1. The number of hydrogen-bond donors (Lipinski definition) is 0. The number of carbonyl (C=O) groups excluding carboxylic acids is 1. The van der Waals surface area contributed by atoms with Crippen LogP contribution >= 0.6 is 11.6 Å². The van der Waals surface area contributed by atoms with E-state index in [1.165, 1.54) is 0 Å². The molecular weight excluding hydrogens is 222 g/mol. The van der Waals surface area contributed by atoms with Crippen molar-refractivity contribution in [3.63, 3.8) is 0 Å². The van der Waals surface area contributed by atoms with Crippen LogP contribution in [-0.4, -0.2) is 24.4 Å². The highest BCUT2D eigenvalue weighted by Gasteiger charge is 2.10. The predicted molar refractivity (Wildman–Crippen MR) is 67.9 cm³/mol. The Morgan fingerprint density at radius 1 is 1.31 bits per heavy atom. The molecule has 0 atom stereocenters. The molecule has 1 rings (SSSR count). The van der Waals surface area contributed by atoms with Crippen molar-refractivity contribution in [1.29, 1.82) is 0 Å². The van der Waals surface area contributed by atoms with E-state index in [4.69, 9.17) is 11.6 Å². The third-order valence-corrected chi connectivity index (χ3v) is 2.86. The molecule has 0 fully saturated rings. The fourth-order valence-electron chi connectivity index (χ4n) is 1.45. The first-order chi connectivity index (χ1) is 7.69. The van der Waals surface area contributed by atoms with Crippen molar-refractivity contribution in [1.82, 2.24) is 4.90 Å². The number of benzene rings is 1. The van der Waals surface area contributed by atoms with E-state index in [2.05, 4.69) is 6.92 Å². The lowest BCUT2D eigenvalue weighted by Gasteiger charge is -2.16. The van der Waals surface area contributed by atoms with E-state index in [1.54, 1.807) is 4.90 Å². The van der Waals surface area contributed by atoms with E-state index in [0.29, 0.717) is 5.88 Å². The Morgan fingerprint density at radius 3 is 2.44 bits per heavy atom. The minimum atomic E-state index is 0.0783. The van der Waals surface area contributed by atoms with Gasteiger partial charge in [-0.1, -0.05) is 25.5 Å². The first kappa shape index (κ1) is 13.0. The summed E-state index contributed by atoms with van der Waals surface area (Å²) in [7, 11) is 1.84. The van der Waals surface area contributed by atoms with Crippen LogP contribution in [0.4, 0.5) is 0 Å². The molecule has 1 amide bonds. The molecular formula is C13H18ClNO. The third-order valence-electron chi connectivity index (χ3n) is 2.55. The molecule has 2 nitrogen and oxygen atoms in total. The van der Waals surface area contributed by atoms with E-state index in [9.17, 15) is 4.79 Å². The zero-order valence-corrected chi connectivity index (χ0v) is 10.6. The number of unbranched alkanes of at least 4 members (excludes halogenated alkanes) is 1. The van der Waals surface area contributed by atoms with Gasteiger partial charge in [-0.25, -0.2) is 0 Å². The van der Waals surface area contributed by atoms with E-state index < -0.39 is 0 Å². The Kier molecular flexibility index (Phi) is 5.33. The fourth-order valence-corrected chi connectivity index (χ4v) is 1.63. The van der Waals surface area contributed by atoms with Gasteiger partial charge >= 0.3 is 0 Å².